The smallest absolute Gasteiger partial charge is 0.270 e. The van der Waals surface area contributed by atoms with Gasteiger partial charge in [-0.1, -0.05) is 47.7 Å². The molecule has 2 aromatic carbocycles. The molecule has 128 valence electrons. The number of hydrogen-bond acceptors (Lipinski definition) is 4. The molecule has 7 heteroatoms. The molecule has 0 saturated carbocycles. The Bertz CT molecular complexity index is 881. The van der Waals surface area contributed by atoms with Crippen molar-refractivity contribution in [2.45, 2.75) is 0 Å². The van der Waals surface area contributed by atoms with Crippen molar-refractivity contribution in [3.8, 4) is 0 Å². The molecule has 0 aliphatic carbocycles. The minimum Gasteiger partial charge on any atom is -0.378 e. The zero-order valence-electron chi connectivity index (χ0n) is 13.5. The van der Waals surface area contributed by atoms with Crippen LogP contribution in [0.5, 0.6) is 0 Å². The van der Waals surface area contributed by atoms with Crippen LogP contribution in [0.15, 0.2) is 47.4 Å². The van der Waals surface area contributed by atoms with Gasteiger partial charge in [-0.05, 0) is 42.0 Å². The SMILES string of the molecule is CN(C)c1ccc(/C=C2\SC(=S)N(c3ccc(F)c(Cl)c3)C2=O)cc1. The van der Waals surface area contributed by atoms with Crippen LogP contribution >= 0.6 is 35.6 Å². The fraction of sp³-hybridized carbons (Fsp3) is 0.111. The van der Waals surface area contributed by atoms with Crippen molar-refractivity contribution < 1.29 is 9.18 Å². The summed E-state index contributed by atoms with van der Waals surface area (Å²) in [5, 5.41) is -0.0465. The maximum absolute atomic E-state index is 13.3. The van der Waals surface area contributed by atoms with E-state index in [1.165, 1.54) is 34.9 Å². The van der Waals surface area contributed by atoms with E-state index in [1.54, 1.807) is 6.08 Å². The zero-order chi connectivity index (χ0) is 18.1. The van der Waals surface area contributed by atoms with Gasteiger partial charge in [0.1, 0.15) is 5.82 Å². The van der Waals surface area contributed by atoms with Gasteiger partial charge in [-0.15, -0.1) is 0 Å². The first kappa shape index (κ1) is 17.9. The van der Waals surface area contributed by atoms with Gasteiger partial charge in [0.2, 0.25) is 0 Å². The normalized spacial score (nSPS) is 16.0. The number of thioether (sulfide) groups is 1. The Kier molecular flexibility index (Phi) is 5.13. The molecule has 2 aromatic rings. The molecule has 0 spiro atoms. The number of halogens is 2. The summed E-state index contributed by atoms with van der Waals surface area (Å²) in [7, 11) is 3.93. The topological polar surface area (TPSA) is 23.6 Å². The van der Waals surface area contributed by atoms with E-state index in [0.717, 1.165) is 11.3 Å². The predicted octanol–water partition coefficient (Wildman–Crippen LogP) is 4.95. The standard InChI is InChI=1S/C18H14ClFN2OS2/c1-21(2)12-5-3-11(4-6-12)9-16-17(23)22(18(24)25-16)13-7-8-15(20)14(19)10-13/h3-10H,1-2H3/b16-9-. The molecule has 0 unspecified atom stereocenters. The summed E-state index contributed by atoms with van der Waals surface area (Å²) < 4.78 is 13.7. The first-order valence-corrected chi connectivity index (χ1v) is 8.97. The first-order valence-electron chi connectivity index (χ1n) is 7.37. The van der Waals surface area contributed by atoms with E-state index in [2.05, 4.69) is 0 Å². The Morgan fingerprint density at radius 3 is 2.48 bits per heavy atom. The van der Waals surface area contributed by atoms with Gasteiger partial charge in [0.15, 0.2) is 4.32 Å². The van der Waals surface area contributed by atoms with Gasteiger partial charge in [-0.25, -0.2) is 4.39 Å². The van der Waals surface area contributed by atoms with Crippen LogP contribution in [0.25, 0.3) is 6.08 Å². The fourth-order valence-corrected chi connectivity index (χ4v) is 3.81. The van der Waals surface area contributed by atoms with Crippen molar-refractivity contribution in [2.24, 2.45) is 0 Å². The lowest BCUT2D eigenvalue weighted by molar-refractivity contribution is -0.113. The summed E-state index contributed by atoms with van der Waals surface area (Å²) >= 11 is 12.3. The van der Waals surface area contributed by atoms with E-state index in [9.17, 15) is 9.18 Å². The van der Waals surface area contributed by atoms with Gasteiger partial charge < -0.3 is 4.90 Å². The van der Waals surface area contributed by atoms with Gasteiger partial charge in [-0.3, -0.25) is 9.69 Å². The maximum Gasteiger partial charge on any atom is 0.270 e. The summed E-state index contributed by atoms with van der Waals surface area (Å²) in [6, 6.07) is 11.9. The number of thiocarbonyl (C=S) groups is 1. The van der Waals surface area contributed by atoms with Gasteiger partial charge in [-0.2, -0.15) is 0 Å². The third-order valence-corrected chi connectivity index (χ3v) is 5.25. The second-order valence-corrected chi connectivity index (χ2v) is 7.68. The fourth-order valence-electron chi connectivity index (χ4n) is 2.33. The highest BCUT2D eigenvalue weighted by Crippen LogP contribution is 2.37. The summed E-state index contributed by atoms with van der Waals surface area (Å²) in [6.45, 7) is 0. The van der Waals surface area contributed by atoms with Crippen LogP contribution in [-0.2, 0) is 4.79 Å². The van der Waals surface area contributed by atoms with Crippen LogP contribution in [0.4, 0.5) is 15.8 Å². The molecule has 1 fully saturated rings. The van der Waals surface area contributed by atoms with Gasteiger partial charge >= 0.3 is 0 Å². The Morgan fingerprint density at radius 2 is 1.88 bits per heavy atom. The Morgan fingerprint density at radius 1 is 1.20 bits per heavy atom. The van der Waals surface area contributed by atoms with Crippen LogP contribution in [0.2, 0.25) is 5.02 Å². The molecule has 1 amide bonds. The number of carbonyl (C=O) groups excluding carboxylic acids is 1. The number of rotatable bonds is 3. The highest BCUT2D eigenvalue weighted by Gasteiger charge is 2.33. The van der Waals surface area contributed by atoms with Crippen molar-refractivity contribution in [1.29, 1.82) is 0 Å². The number of anilines is 2. The molecule has 0 N–H and O–H groups in total. The molecule has 0 radical (unpaired) electrons. The molecule has 1 aliphatic heterocycles. The summed E-state index contributed by atoms with van der Waals surface area (Å²) in [5.74, 6) is -0.776. The number of hydrogen-bond donors (Lipinski definition) is 0. The predicted molar refractivity (Wildman–Crippen MR) is 108 cm³/mol. The first-order chi connectivity index (χ1) is 11.9. The van der Waals surface area contributed by atoms with Gasteiger partial charge in [0.25, 0.3) is 5.91 Å². The van der Waals surface area contributed by atoms with E-state index >= 15 is 0 Å². The minimum atomic E-state index is -0.535. The molecular weight excluding hydrogens is 379 g/mol. The average molecular weight is 393 g/mol. The van der Waals surface area contributed by atoms with E-state index < -0.39 is 5.82 Å². The molecule has 0 aromatic heterocycles. The Balaban J connectivity index is 1.88. The lowest BCUT2D eigenvalue weighted by Crippen LogP contribution is -2.27. The summed E-state index contributed by atoms with van der Waals surface area (Å²) in [4.78, 5) is 16.6. The largest absolute Gasteiger partial charge is 0.378 e. The quantitative estimate of drug-likeness (QED) is 0.544. The van der Waals surface area contributed by atoms with Gasteiger partial charge in [0.05, 0.1) is 15.6 Å². The van der Waals surface area contributed by atoms with Crippen molar-refractivity contribution in [3.05, 3.63) is 63.8 Å². The molecule has 3 nitrogen and oxygen atoms in total. The highest BCUT2D eigenvalue weighted by atomic mass is 35.5. The number of carbonyl (C=O) groups is 1. The van der Waals surface area contributed by atoms with Crippen LogP contribution < -0.4 is 9.80 Å². The van der Waals surface area contributed by atoms with Crippen molar-refractivity contribution in [2.75, 3.05) is 23.9 Å². The van der Waals surface area contributed by atoms with E-state index in [1.807, 2.05) is 43.3 Å². The summed E-state index contributed by atoms with van der Waals surface area (Å²) in [6.07, 6.45) is 1.80. The molecule has 3 rings (SSSR count). The van der Waals surface area contributed by atoms with Crippen LogP contribution in [0.3, 0.4) is 0 Å². The van der Waals surface area contributed by atoms with E-state index in [-0.39, 0.29) is 10.9 Å². The van der Waals surface area contributed by atoms with Crippen molar-refractivity contribution >= 4 is 63.3 Å². The lowest BCUT2D eigenvalue weighted by atomic mass is 10.2. The number of benzene rings is 2. The number of nitrogens with zero attached hydrogens (tertiary/aromatic N) is 2. The molecule has 0 bridgehead atoms. The monoisotopic (exact) mass is 392 g/mol. The van der Waals surface area contributed by atoms with E-state index in [4.69, 9.17) is 23.8 Å². The third-order valence-electron chi connectivity index (χ3n) is 3.66. The van der Waals surface area contributed by atoms with Crippen LogP contribution in [0.1, 0.15) is 5.56 Å². The van der Waals surface area contributed by atoms with E-state index in [0.29, 0.717) is 14.9 Å². The maximum atomic E-state index is 13.3. The Hall–Kier alpha value is -1.89. The molecule has 1 aliphatic rings. The molecule has 1 heterocycles. The third kappa shape index (κ3) is 3.71. The van der Waals surface area contributed by atoms with Crippen molar-refractivity contribution in [1.82, 2.24) is 0 Å². The highest BCUT2D eigenvalue weighted by molar-refractivity contribution is 8.27. The van der Waals surface area contributed by atoms with Crippen molar-refractivity contribution in [3.63, 3.8) is 0 Å². The summed E-state index contributed by atoms with van der Waals surface area (Å²) in [5.41, 5.74) is 2.44. The second kappa shape index (κ2) is 7.15. The molecule has 25 heavy (non-hydrogen) atoms. The average Bonchev–Trinajstić information content (AvgIpc) is 2.85. The number of amides is 1. The minimum absolute atomic E-state index is 0.0465. The van der Waals surface area contributed by atoms with Crippen LogP contribution in [-0.4, -0.2) is 24.3 Å². The lowest BCUT2D eigenvalue weighted by Gasteiger charge is -2.14. The molecular formula is C18H14ClFN2OS2. The zero-order valence-corrected chi connectivity index (χ0v) is 15.9. The second-order valence-electron chi connectivity index (χ2n) is 5.60. The Labute approximate surface area is 160 Å². The molecule has 1 saturated heterocycles. The van der Waals surface area contributed by atoms with Gasteiger partial charge in [0, 0.05) is 19.8 Å². The molecule has 0 atom stereocenters. The van der Waals surface area contributed by atoms with Crippen LogP contribution in [0, 0.1) is 5.82 Å².